The Morgan fingerprint density at radius 2 is 2.06 bits per heavy atom. The predicted octanol–water partition coefficient (Wildman–Crippen LogP) is 2.58. The van der Waals surface area contributed by atoms with Gasteiger partial charge in [-0.2, -0.15) is 5.26 Å². The average Bonchev–Trinajstić information content (AvgIpc) is 2.29. The molecule has 0 saturated carbocycles. The molecule has 0 aromatic heterocycles. The Labute approximate surface area is 99.7 Å². The molecule has 16 heavy (non-hydrogen) atoms. The first-order valence-corrected chi connectivity index (χ1v) is 5.84. The average molecular weight is 229 g/mol. The van der Waals surface area contributed by atoms with E-state index in [1.54, 1.807) is 13.0 Å². The second-order valence-electron chi connectivity index (χ2n) is 3.05. The summed E-state index contributed by atoms with van der Waals surface area (Å²) in [5, 5.41) is 8.94. The van der Waals surface area contributed by atoms with E-state index in [1.165, 1.54) is 11.8 Å². The van der Waals surface area contributed by atoms with E-state index in [-0.39, 0.29) is 5.12 Å². The van der Waals surface area contributed by atoms with Gasteiger partial charge in [0.1, 0.15) is 6.07 Å². The van der Waals surface area contributed by atoms with Gasteiger partial charge in [0.05, 0.1) is 5.56 Å². The normalized spacial score (nSPS) is 8.75. The third-order valence-electron chi connectivity index (χ3n) is 1.80. The van der Waals surface area contributed by atoms with E-state index in [0.717, 1.165) is 5.56 Å². The zero-order valence-corrected chi connectivity index (χ0v) is 9.80. The van der Waals surface area contributed by atoms with Crippen molar-refractivity contribution in [1.82, 2.24) is 0 Å². The highest BCUT2D eigenvalue weighted by atomic mass is 32.2. The van der Waals surface area contributed by atoms with Gasteiger partial charge in [-0.25, -0.2) is 0 Å². The lowest BCUT2D eigenvalue weighted by Gasteiger charge is -1.92. The molecule has 80 valence electrons. The number of nitriles is 1. The van der Waals surface area contributed by atoms with Crippen LogP contribution >= 0.6 is 11.8 Å². The number of hydrogen-bond acceptors (Lipinski definition) is 3. The van der Waals surface area contributed by atoms with Crippen LogP contribution < -0.4 is 0 Å². The zero-order chi connectivity index (χ0) is 11.8. The standard InChI is InChI=1S/C13H11NOS/c1-11(15)16-9-5-4-7-12-6-2-3-8-13(12)10-14/h2-3,6,8H,5,9H2,1H3. The summed E-state index contributed by atoms with van der Waals surface area (Å²) >= 11 is 1.27. The van der Waals surface area contributed by atoms with Crippen LogP contribution in [0.3, 0.4) is 0 Å². The Balaban J connectivity index is 2.57. The van der Waals surface area contributed by atoms with Crippen molar-refractivity contribution in [2.45, 2.75) is 13.3 Å². The van der Waals surface area contributed by atoms with Crippen molar-refractivity contribution < 1.29 is 4.79 Å². The maximum absolute atomic E-state index is 10.6. The van der Waals surface area contributed by atoms with Gasteiger partial charge in [-0.3, -0.25) is 4.79 Å². The minimum Gasteiger partial charge on any atom is -0.288 e. The minimum absolute atomic E-state index is 0.110. The fourth-order valence-electron chi connectivity index (χ4n) is 1.09. The van der Waals surface area contributed by atoms with Crippen LogP contribution in [0.15, 0.2) is 24.3 Å². The maximum atomic E-state index is 10.6. The maximum Gasteiger partial charge on any atom is 0.185 e. The monoisotopic (exact) mass is 229 g/mol. The van der Waals surface area contributed by atoms with Crippen molar-refractivity contribution in [2.75, 3.05) is 5.75 Å². The summed E-state index contributed by atoms with van der Waals surface area (Å²) in [6.45, 7) is 1.54. The molecule has 1 aromatic rings. The fraction of sp³-hybridized carbons (Fsp3) is 0.231. The molecule has 0 aliphatic heterocycles. The molecule has 0 heterocycles. The Morgan fingerprint density at radius 3 is 2.69 bits per heavy atom. The van der Waals surface area contributed by atoms with Crippen LogP contribution in [0.5, 0.6) is 0 Å². The van der Waals surface area contributed by atoms with Crippen LogP contribution in [0.1, 0.15) is 24.5 Å². The molecule has 1 rings (SSSR count). The van der Waals surface area contributed by atoms with E-state index in [9.17, 15) is 4.79 Å². The number of nitrogens with zero attached hydrogens (tertiary/aromatic N) is 1. The molecule has 0 N–H and O–H groups in total. The molecule has 2 nitrogen and oxygen atoms in total. The molecular weight excluding hydrogens is 218 g/mol. The first kappa shape index (κ1) is 12.4. The molecule has 3 heteroatoms. The van der Waals surface area contributed by atoms with Gasteiger partial charge in [0.2, 0.25) is 0 Å². The lowest BCUT2D eigenvalue weighted by atomic mass is 10.1. The summed E-state index contributed by atoms with van der Waals surface area (Å²) in [7, 11) is 0. The van der Waals surface area contributed by atoms with Crippen molar-refractivity contribution in [1.29, 1.82) is 5.26 Å². The molecule has 0 radical (unpaired) electrons. The second-order valence-corrected chi connectivity index (χ2v) is 4.32. The molecule has 0 bridgehead atoms. The van der Waals surface area contributed by atoms with Gasteiger partial charge >= 0.3 is 0 Å². The predicted molar refractivity (Wildman–Crippen MR) is 65.8 cm³/mol. The van der Waals surface area contributed by atoms with Crippen LogP contribution in [0, 0.1) is 23.2 Å². The van der Waals surface area contributed by atoms with Gasteiger partial charge in [0.25, 0.3) is 0 Å². The largest absolute Gasteiger partial charge is 0.288 e. The lowest BCUT2D eigenvalue weighted by Crippen LogP contribution is -1.85. The third-order valence-corrected chi connectivity index (χ3v) is 2.62. The highest BCUT2D eigenvalue weighted by Crippen LogP contribution is 2.06. The topological polar surface area (TPSA) is 40.9 Å². The molecule has 0 spiro atoms. The van der Waals surface area contributed by atoms with E-state index in [4.69, 9.17) is 5.26 Å². The smallest absolute Gasteiger partial charge is 0.185 e. The Morgan fingerprint density at radius 1 is 1.38 bits per heavy atom. The SMILES string of the molecule is CC(=O)SCCC#Cc1ccccc1C#N. The van der Waals surface area contributed by atoms with Crippen LogP contribution in [0.25, 0.3) is 0 Å². The van der Waals surface area contributed by atoms with Crippen LogP contribution in [0.4, 0.5) is 0 Å². The van der Waals surface area contributed by atoms with Gasteiger partial charge < -0.3 is 0 Å². The number of carbonyl (C=O) groups is 1. The van der Waals surface area contributed by atoms with Crippen LogP contribution in [0.2, 0.25) is 0 Å². The summed E-state index contributed by atoms with van der Waals surface area (Å²) in [5.41, 5.74) is 1.34. The van der Waals surface area contributed by atoms with E-state index in [0.29, 0.717) is 17.7 Å². The number of thioether (sulfide) groups is 1. The molecule has 0 amide bonds. The van der Waals surface area contributed by atoms with Gasteiger partial charge in [0.15, 0.2) is 5.12 Å². The summed E-state index contributed by atoms with van der Waals surface area (Å²) in [5.74, 6) is 6.60. The molecule has 0 unspecified atom stereocenters. The highest BCUT2D eigenvalue weighted by molar-refractivity contribution is 8.13. The lowest BCUT2D eigenvalue weighted by molar-refractivity contribution is -0.109. The van der Waals surface area contributed by atoms with Gasteiger partial charge in [-0.1, -0.05) is 35.7 Å². The second kappa shape index (κ2) is 6.71. The van der Waals surface area contributed by atoms with Crippen molar-refractivity contribution >= 4 is 16.9 Å². The quantitative estimate of drug-likeness (QED) is 0.578. The van der Waals surface area contributed by atoms with Crippen molar-refractivity contribution in [3.8, 4) is 17.9 Å². The first-order chi connectivity index (χ1) is 7.74. The fourth-order valence-corrected chi connectivity index (χ4v) is 1.58. The Hall–Kier alpha value is -1.71. The number of rotatable bonds is 2. The summed E-state index contributed by atoms with van der Waals surface area (Å²) in [6, 6.07) is 9.33. The molecule has 0 saturated heterocycles. The highest BCUT2D eigenvalue weighted by Gasteiger charge is 1.95. The summed E-state index contributed by atoms with van der Waals surface area (Å²) < 4.78 is 0. The third kappa shape index (κ3) is 4.21. The molecule has 0 atom stereocenters. The number of hydrogen-bond donors (Lipinski definition) is 0. The summed E-state index contributed by atoms with van der Waals surface area (Å²) in [4.78, 5) is 10.6. The van der Waals surface area contributed by atoms with Crippen molar-refractivity contribution in [3.63, 3.8) is 0 Å². The van der Waals surface area contributed by atoms with Crippen molar-refractivity contribution in [2.24, 2.45) is 0 Å². The molecule has 0 aliphatic carbocycles. The molecular formula is C13H11NOS. The van der Waals surface area contributed by atoms with E-state index in [2.05, 4.69) is 17.9 Å². The van der Waals surface area contributed by atoms with Crippen LogP contribution in [-0.4, -0.2) is 10.9 Å². The minimum atomic E-state index is 0.110. The Kier molecular flexibility index (Phi) is 5.19. The van der Waals surface area contributed by atoms with Crippen LogP contribution in [-0.2, 0) is 4.79 Å². The molecule has 0 aliphatic rings. The first-order valence-electron chi connectivity index (χ1n) is 4.85. The van der Waals surface area contributed by atoms with Gasteiger partial charge in [-0.05, 0) is 12.1 Å². The van der Waals surface area contributed by atoms with E-state index in [1.807, 2.05) is 18.2 Å². The van der Waals surface area contributed by atoms with E-state index >= 15 is 0 Å². The number of carbonyl (C=O) groups excluding carboxylic acids is 1. The van der Waals surface area contributed by atoms with Gasteiger partial charge in [-0.15, -0.1) is 0 Å². The number of benzene rings is 1. The molecule has 1 aromatic carbocycles. The summed E-state index contributed by atoms with van der Waals surface area (Å²) in [6.07, 6.45) is 0.657. The Bertz CT molecular complexity index is 477. The zero-order valence-electron chi connectivity index (χ0n) is 8.99. The van der Waals surface area contributed by atoms with E-state index < -0.39 is 0 Å². The van der Waals surface area contributed by atoms with Gasteiger partial charge in [0, 0.05) is 24.7 Å². The van der Waals surface area contributed by atoms with Crippen molar-refractivity contribution in [3.05, 3.63) is 35.4 Å². The molecule has 0 fully saturated rings.